The largest absolute Gasteiger partial charge is 0.480 e. The summed E-state index contributed by atoms with van der Waals surface area (Å²) in [6, 6.07) is 16.2. The van der Waals surface area contributed by atoms with Crippen molar-refractivity contribution in [3.8, 4) is 11.1 Å². The van der Waals surface area contributed by atoms with Crippen LogP contribution in [0.15, 0.2) is 48.5 Å². The van der Waals surface area contributed by atoms with Gasteiger partial charge in [-0.15, -0.1) is 0 Å². The summed E-state index contributed by atoms with van der Waals surface area (Å²) in [4.78, 5) is 37.8. The van der Waals surface area contributed by atoms with Gasteiger partial charge in [0.1, 0.15) is 17.7 Å². The van der Waals surface area contributed by atoms with E-state index in [1.165, 1.54) is 13.8 Å². The van der Waals surface area contributed by atoms with Gasteiger partial charge in [0.25, 0.3) is 0 Å². The second-order valence-corrected chi connectivity index (χ2v) is 10.1. The minimum atomic E-state index is -1.45. The molecular weight excluding hydrogens is 432 g/mol. The molecule has 4 rings (SSSR count). The Kier molecular flexibility index (Phi) is 6.39. The second-order valence-electron chi connectivity index (χ2n) is 10.1. The fraction of sp³-hybridized carbons (Fsp3) is 0.444. The number of carboxylic acid groups (broad SMARTS) is 1. The highest BCUT2D eigenvalue weighted by atomic mass is 16.5. The van der Waals surface area contributed by atoms with E-state index in [0.717, 1.165) is 35.1 Å². The molecule has 0 heterocycles. The molecule has 0 aromatic heterocycles. The molecule has 0 saturated heterocycles. The van der Waals surface area contributed by atoms with Gasteiger partial charge in [0.15, 0.2) is 0 Å². The molecule has 34 heavy (non-hydrogen) atoms. The molecule has 7 heteroatoms. The van der Waals surface area contributed by atoms with Crippen LogP contribution in [-0.2, 0) is 14.3 Å². The van der Waals surface area contributed by atoms with Crippen molar-refractivity contribution in [1.29, 1.82) is 0 Å². The zero-order chi connectivity index (χ0) is 24.5. The van der Waals surface area contributed by atoms with Gasteiger partial charge in [-0.25, -0.2) is 9.59 Å². The van der Waals surface area contributed by atoms with Crippen molar-refractivity contribution in [2.24, 2.45) is 5.92 Å². The number of benzene rings is 2. The maximum absolute atomic E-state index is 13.3. The number of carbonyl (C=O) groups is 3. The highest BCUT2D eigenvalue weighted by Gasteiger charge is 2.46. The third-order valence-electron chi connectivity index (χ3n) is 7.08. The van der Waals surface area contributed by atoms with Crippen molar-refractivity contribution < 1.29 is 24.2 Å². The molecule has 180 valence electrons. The molecule has 0 aliphatic heterocycles. The summed E-state index contributed by atoms with van der Waals surface area (Å²) in [7, 11) is 0. The molecule has 3 N–H and O–H groups in total. The van der Waals surface area contributed by atoms with Crippen molar-refractivity contribution in [3.63, 3.8) is 0 Å². The standard InChI is InChI=1S/C27H32N2O5/c1-17-9-8-14-27(15-17,23(30)28-26(2,3)24(31)32)29-25(33)34-16-22-20-12-6-4-10-18(20)19-11-5-7-13-21(19)22/h4-7,10-13,17,22H,8-9,14-16H2,1-3H3,(H,28,30)(H,29,33)(H,31,32). The lowest BCUT2D eigenvalue weighted by atomic mass is 9.75. The Morgan fingerprint density at radius 3 is 2.21 bits per heavy atom. The Balaban J connectivity index is 1.50. The van der Waals surface area contributed by atoms with Gasteiger partial charge in [-0.05, 0) is 54.9 Å². The van der Waals surface area contributed by atoms with Gasteiger partial charge < -0.3 is 20.5 Å². The predicted octanol–water partition coefficient (Wildman–Crippen LogP) is 4.45. The zero-order valence-corrected chi connectivity index (χ0v) is 19.9. The number of rotatable bonds is 6. The number of carboxylic acids is 1. The van der Waals surface area contributed by atoms with Crippen LogP contribution in [0.1, 0.15) is 63.5 Å². The first-order valence-corrected chi connectivity index (χ1v) is 11.8. The fourth-order valence-electron chi connectivity index (χ4n) is 5.21. The molecular formula is C27H32N2O5. The summed E-state index contributed by atoms with van der Waals surface area (Å²) >= 11 is 0. The Labute approximate surface area is 199 Å². The van der Waals surface area contributed by atoms with Gasteiger partial charge in [0, 0.05) is 5.92 Å². The van der Waals surface area contributed by atoms with Crippen molar-refractivity contribution in [2.75, 3.05) is 6.61 Å². The molecule has 2 aromatic rings. The second kappa shape index (κ2) is 9.12. The van der Waals surface area contributed by atoms with Crippen molar-refractivity contribution in [1.82, 2.24) is 10.6 Å². The maximum atomic E-state index is 13.3. The van der Waals surface area contributed by atoms with E-state index in [9.17, 15) is 19.5 Å². The normalized spacial score (nSPS) is 21.8. The number of hydrogen-bond acceptors (Lipinski definition) is 4. The monoisotopic (exact) mass is 464 g/mol. The Morgan fingerprint density at radius 2 is 1.65 bits per heavy atom. The molecule has 2 aliphatic carbocycles. The first-order valence-electron chi connectivity index (χ1n) is 11.8. The molecule has 2 atom stereocenters. The zero-order valence-electron chi connectivity index (χ0n) is 19.9. The molecule has 1 saturated carbocycles. The van der Waals surface area contributed by atoms with Gasteiger partial charge in [-0.1, -0.05) is 68.3 Å². The number of hydrogen-bond donors (Lipinski definition) is 3. The number of carbonyl (C=O) groups excluding carboxylic acids is 2. The highest BCUT2D eigenvalue weighted by molar-refractivity contribution is 5.94. The molecule has 2 amide bonds. The number of alkyl carbamates (subject to hydrolysis) is 1. The third-order valence-corrected chi connectivity index (χ3v) is 7.08. The number of amides is 2. The van der Waals surface area contributed by atoms with E-state index in [4.69, 9.17) is 4.74 Å². The van der Waals surface area contributed by atoms with E-state index in [-0.39, 0.29) is 18.4 Å². The molecule has 1 fully saturated rings. The van der Waals surface area contributed by atoms with Crippen LogP contribution in [0.5, 0.6) is 0 Å². The van der Waals surface area contributed by atoms with Crippen molar-refractivity contribution in [3.05, 3.63) is 59.7 Å². The maximum Gasteiger partial charge on any atom is 0.408 e. The lowest BCUT2D eigenvalue weighted by molar-refractivity contribution is -0.147. The van der Waals surface area contributed by atoms with Crippen LogP contribution in [0.4, 0.5) is 4.79 Å². The summed E-state index contributed by atoms with van der Waals surface area (Å²) in [6.07, 6.45) is 1.90. The lowest BCUT2D eigenvalue weighted by Gasteiger charge is -2.40. The molecule has 2 aromatic carbocycles. The van der Waals surface area contributed by atoms with Crippen LogP contribution in [0, 0.1) is 5.92 Å². The topological polar surface area (TPSA) is 105 Å². The molecule has 0 radical (unpaired) electrons. The Hall–Kier alpha value is -3.35. The molecule has 0 spiro atoms. The number of fused-ring (bicyclic) bond motifs is 3. The predicted molar refractivity (Wildman–Crippen MR) is 128 cm³/mol. The molecule has 0 bridgehead atoms. The Bertz CT molecular complexity index is 1070. The van der Waals surface area contributed by atoms with E-state index < -0.39 is 29.0 Å². The van der Waals surface area contributed by atoms with Crippen LogP contribution in [-0.4, -0.2) is 40.8 Å². The van der Waals surface area contributed by atoms with Crippen LogP contribution in [0.2, 0.25) is 0 Å². The summed E-state index contributed by atoms with van der Waals surface area (Å²) < 4.78 is 5.68. The minimum Gasteiger partial charge on any atom is -0.480 e. The Morgan fingerprint density at radius 1 is 1.06 bits per heavy atom. The van der Waals surface area contributed by atoms with Gasteiger partial charge in [0.2, 0.25) is 5.91 Å². The molecule has 2 unspecified atom stereocenters. The van der Waals surface area contributed by atoms with Crippen LogP contribution in [0.25, 0.3) is 11.1 Å². The van der Waals surface area contributed by atoms with Gasteiger partial charge in [-0.2, -0.15) is 0 Å². The van der Waals surface area contributed by atoms with Crippen molar-refractivity contribution >= 4 is 18.0 Å². The van der Waals surface area contributed by atoms with E-state index in [0.29, 0.717) is 12.8 Å². The van der Waals surface area contributed by atoms with Gasteiger partial charge >= 0.3 is 12.1 Å². The van der Waals surface area contributed by atoms with Gasteiger partial charge in [-0.3, -0.25) is 4.79 Å². The first kappa shape index (κ1) is 23.8. The third kappa shape index (κ3) is 4.52. The quantitative estimate of drug-likeness (QED) is 0.586. The molecule has 2 aliphatic rings. The summed E-state index contributed by atoms with van der Waals surface area (Å²) in [6.45, 7) is 5.04. The van der Waals surface area contributed by atoms with E-state index in [2.05, 4.69) is 22.8 Å². The van der Waals surface area contributed by atoms with Crippen molar-refractivity contribution in [2.45, 2.75) is 63.5 Å². The van der Waals surface area contributed by atoms with Crippen LogP contribution in [0.3, 0.4) is 0 Å². The van der Waals surface area contributed by atoms with E-state index in [1.54, 1.807) is 0 Å². The summed E-state index contributed by atoms with van der Waals surface area (Å²) in [5, 5.41) is 14.9. The van der Waals surface area contributed by atoms with Gasteiger partial charge in [0.05, 0.1) is 0 Å². The SMILES string of the molecule is CC1CCCC(NC(=O)OCC2c3ccccc3-c3ccccc32)(C(=O)NC(C)(C)C(=O)O)C1. The highest BCUT2D eigenvalue weighted by Crippen LogP contribution is 2.44. The summed E-state index contributed by atoms with van der Waals surface area (Å²) in [5.41, 5.74) is 1.84. The molecule has 7 nitrogen and oxygen atoms in total. The minimum absolute atomic E-state index is 0.0841. The lowest BCUT2D eigenvalue weighted by Crippen LogP contribution is -2.65. The van der Waals surface area contributed by atoms with E-state index in [1.807, 2.05) is 43.3 Å². The summed E-state index contributed by atoms with van der Waals surface area (Å²) in [5.74, 6) is -1.50. The number of ether oxygens (including phenoxy) is 1. The average molecular weight is 465 g/mol. The van der Waals surface area contributed by atoms with Crippen LogP contribution < -0.4 is 10.6 Å². The fourth-order valence-corrected chi connectivity index (χ4v) is 5.21. The number of aliphatic carboxylic acids is 1. The average Bonchev–Trinajstić information content (AvgIpc) is 3.11. The first-order chi connectivity index (χ1) is 16.1. The number of nitrogens with one attached hydrogen (secondary N) is 2. The van der Waals surface area contributed by atoms with Crippen LogP contribution >= 0.6 is 0 Å². The smallest absolute Gasteiger partial charge is 0.408 e. The van der Waals surface area contributed by atoms with E-state index >= 15 is 0 Å².